The van der Waals surface area contributed by atoms with Crippen LogP contribution in [0.3, 0.4) is 0 Å². The third-order valence-corrected chi connectivity index (χ3v) is 6.03. The summed E-state index contributed by atoms with van der Waals surface area (Å²) < 4.78 is 30.0. The number of ether oxygens (including phenoxy) is 1. The van der Waals surface area contributed by atoms with Crippen molar-refractivity contribution in [2.45, 2.75) is 25.7 Å². The highest BCUT2D eigenvalue weighted by atomic mass is 32.2. The van der Waals surface area contributed by atoms with Crippen LogP contribution in [-0.2, 0) is 27.6 Å². The molecule has 1 heterocycles. The normalized spacial score (nSPS) is 13.6. The second-order valence-corrected chi connectivity index (χ2v) is 9.17. The maximum Gasteiger partial charge on any atom is 0.341 e. The van der Waals surface area contributed by atoms with E-state index in [1.807, 2.05) is 0 Å². The summed E-state index contributed by atoms with van der Waals surface area (Å²) in [5.74, 6) is -0.881. The van der Waals surface area contributed by atoms with E-state index < -0.39 is 21.9 Å². The number of carbonyl (C=O) groups is 2. The zero-order valence-corrected chi connectivity index (χ0v) is 16.6. The lowest BCUT2D eigenvalue weighted by Crippen LogP contribution is -2.16. The SMILES string of the molecule is COC(=O)c1c(NC(=O)c2cccc(NS(C)(=O)=O)c2)sc2c1CCCC2. The van der Waals surface area contributed by atoms with Crippen molar-refractivity contribution in [3.8, 4) is 0 Å². The molecule has 1 aromatic carbocycles. The van der Waals surface area contributed by atoms with Crippen molar-refractivity contribution in [2.75, 3.05) is 23.4 Å². The van der Waals surface area contributed by atoms with E-state index in [1.54, 1.807) is 18.2 Å². The molecule has 27 heavy (non-hydrogen) atoms. The number of sulfonamides is 1. The van der Waals surface area contributed by atoms with Crippen molar-refractivity contribution in [3.05, 3.63) is 45.8 Å². The molecule has 1 aliphatic rings. The van der Waals surface area contributed by atoms with Gasteiger partial charge in [0.2, 0.25) is 10.0 Å². The first-order valence-electron chi connectivity index (χ1n) is 8.40. The minimum Gasteiger partial charge on any atom is -0.465 e. The third kappa shape index (κ3) is 4.48. The lowest BCUT2D eigenvalue weighted by atomic mass is 9.95. The van der Waals surface area contributed by atoms with Gasteiger partial charge in [-0.2, -0.15) is 0 Å². The Kier molecular flexibility index (Phi) is 5.52. The Balaban J connectivity index is 1.89. The summed E-state index contributed by atoms with van der Waals surface area (Å²) in [6, 6.07) is 6.17. The molecule has 0 unspecified atom stereocenters. The molecule has 144 valence electrons. The Morgan fingerprint density at radius 1 is 1.19 bits per heavy atom. The van der Waals surface area contributed by atoms with Gasteiger partial charge in [0.15, 0.2) is 0 Å². The van der Waals surface area contributed by atoms with Crippen LogP contribution in [0.1, 0.15) is 44.0 Å². The second kappa shape index (κ2) is 7.69. The number of hydrogen-bond acceptors (Lipinski definition) is 6. The Morgan fingerprint density at radius 2 is 1.93 bits per heavy atom. The zero-order chi connectivity index (χ0) is 19.6. The molecule has 1 aromatic heterocycles. The maximum atomic E-state index is 12.7. The molecule has 0 radical (unpaired) electrons. The number of anilines is 2. The van der Waals surface area contributed by atoms with Crippen molar-refractivity contribution < 1.29 is 22.7 Å². The van der Waals surface area contributed by atoms with Gasteiger partial charge < -0.3 is 10.1 Å². The van der Waals surface area contributed by atoms with Crippen molar-refractivity contribution in [1.82, 2.24) is 0 Å². The van der Waals surface area contributed by atoms with E-state index in [0.717, 1.165) is 42.4 Å². The highest BCUT2D eigenvalue weighted by Crippen LogP contribution is 2.38. The number of esters is 1. The van der Waals surface area contributed by atoms with Crippen LogP contribution in [-0.4, -0.2) is 33.7 Å². The predicted molar refractivity (Wildman–Crippen MR) is 105 cm³/mol. The van der Waals surface area contributed by atoms with E-state index >= 15 is 0 Å². The van der Waals surface area contributed by atoms with Gasteiger partial charge in [-0.05, 0) is 49.4 Å². The van der Waals surface area contributed by atoms with Crippen molar-refractivity contribution in [2.24, 2.45) is 0 Å². The maximum absolute atomic E-state index is 12.7. The summed E-state index contributed by atoms with van der Waals surface area (Å²) >= 11 is 1.40. The van der Waals surface area contributed by atoms with Crippen LogP contribution in [0.15, 0.2) is 24.3 Å². The minimum atomic E-state index is -3.44. The first-order valence-corrected chi connectivity index (χ1v) is 11.1. The van der Waals surface area contributed by atoms with Crippen LogP contribution in [0.25, 0.3) is 0 Å². The van der Waals surface area contributed by atoms with Gasteiger partial charge in [0, 0.05) is 16.1 Å². The monoisotopic (exact) mass is 408 g/mol. The van der Waals surface area contributed by atoms with Crippen LogP contribution in [0.2, 0.25) is 0 Å². The van der Waals surface area contributed by atoms with Gasteiger partial charge in [0.25, 0.3) is 5.91 Å². The summed E-state index contributed by atoms with van der Waals surface area (Å²) in [4.78, 5) is 26.0. The van der Waals surface area contributed by atoms with Crippen molar-refractivity contribution >= 4 is 43.9 Å². The first kappa shape index (κ1) is 19.4. The molecule has 9 heteroatoms. The zero-order valence-electron chi connectivity index (χ0n) is 15.0. The molecule has 2 N–H and O–H groups in total. The van der Waals surface area contributed by atoms with Gasteiger partial charge in [-0.1, -0.05) is 6.07 Å². The number of rotatable bonds is 5. The fraction of sp³-hybridized carbons (Fsp3) is 0.333. The molecule has 7 nitrogen and oxygen atoms in total. The summed E-state index contributed by atoms with van der Waals surface area (Å²) in [5, 5.41) is 3.26. The van der Waals surface area contributed by atoms with E-state index in [4.69, 9.17) is 4.74 Å². The first-order chi connectivity index (χ1) is 12.8. The van der Waals surface area contributed by atoms with Crippen LogP contribution < -0.4 is 10.0 Å². The number of thiophene rings is 1. The van der Waals surface area contributed by atoms with E-state index in [0.29, 0.717) is 16.3 Å². The number of hydrogen-bond donors (Lipinski definition) is 2. The Hall–Kier alpha value is -2.39. The molecule has 3 rings (SSSR count). The number of nitrogens with one attached hydrogen (secondary N) is 2. The van der Waals surface area contributed by atoms with Crippen LogP contribution >= 0.6 is 11.3 Å². The quantitative estimate of drug-likeness (QED) is 0.741. The number of carbonyl (C=O) groups excluding carboxylic acids is 2. The number of fused-ring (bicyclic) bond motifs is 1. The van der Waals surface area contributed by atoms with E-state index in [1.165, 1.54) is 24.5 Å². The molecule has 0 atom stereocenters. The Bertz CT molecular complexity index is 995. The van der Waals surface area contributed by atoms with Gasteiger partial charge >= 0.3 is 5.97 Å². The van der Waals surface area contributed by atoms with E-state index in [2.05, 4.69) is 10.0 Å². The van der Waals surface area contributed by atoms with E-state index in [9.17, 15) is 18.0 Å². The van der Waals surface area contributed by atoms with Gasteiger partial charge in [0.05, 0.1) is 18.9 Å². The molecule has 2 aromatic rings. The molecule has 1 aliphatic carbocycles. The van der Waals surface area contributed by atoms with Gasteiger partial charge in [-0.3, -0.25) is 9.52 Å². The lowest BCUT2D eigenvalue weighted by molar-refractivity contribution is 0.0601. The average molecular weight is 409 g/mol. The molecule has 0 spiro atoms. The highest BCUT2D eigenvalue weighted by molar-refractivity contribution is 7.92. The fourth-order valence-electron chi connectivity index (χ4n) is 3.09. The number of aryl methyl sites for hydroxylation is 1. The molecule has 0 saturated carbocycles. The van der Waals surface area contributed by atoms with Crippen molar-refractivity contribution in [1.29, 1.82) is 0 Å². The van der Waals surface area contributed by atoms with Crippen LogP contribution in [0.5, 0.6) is 0 Å². The molecule has 0 saturated heterocycles. The lowest BCUT2D eigenvalue weighted by Gasteiger charge is -2.12. The topological polar surface area (TPSA) is 102 Å². The number of methoxy groups -OCH3 is 1. The van der Waals surface area contributed by atoms with Crippen molar-refractivity contribution in [3.63, 3.8) is 0 Å². The van der Waals surface area contributed by atoms with Gasteiger partial charge in [-0.25, -0.2) is 13.2 Å². The summed E-state index contributed by atoms with van der Waals surface area (Å²) in [5.41, 5.74) is 1.96. The highest BCUT2D eigenvalue weighted by Gasteiger charge is 2.27. The Labute approximate surface area is 161 Å². The largest absolute Gasteiger partial charge is 0.465 e. The molecule has 0 fully saturated rings. The summed E-state index contributed by atoms with van der Waals surface area (Å²) in [6.45, 7) is 0. The molecule has 1 amide bonds. The smallest absolute Gasteiger partial charge is 0.341 e. The molecular formula is C18H20N2O5S2. The molecular weight excluding hydrogens is 388 g/mol. The molecule has 0 aliphatic heterocycles. The van der Waals surface area contributed by atoms with Gasteiger partial charge in [-0.15, -0.1) is 11.3 Å². The third-order valence-electron chi connectivity index (χ3n) is 4.22. The standard InChI is InChI=1S/C18H20N2O5S2/c1-25-18(22)15-13-8-3-4-9-14(13)26-17(15)19-16(21)11-6-5-7-12(10-11)20-27(2,23)24/h5-7,10,20H,3-4,8-9H2,1-2H3,(H,19,21). The minimum absolute atomic E-state index is 0.283. The average Bonchev–Trinajstić information content (AvgIpc) is 2.97. The molecule has 0 bridgehead atoms. The summed E-state index contributed by atoms with van der Waals surface area (Å²) in [6.07, 6.45) is 4.77. The van der Waals surface area contributed by atoms with Crippen LogP contribution in [0.4, 0.5) is 10.7 Å². The van der Waals surface area contributed by atoms with Gasteiger partial charge in [0.1, 0.15) is 5.00 Å². The number of benzene rings is 1. The number of amides is 1. The Morgan fingerprint density at radius 3 is 2.63 bits per heavy atom. The van der Waals surface area contributed by atoms with Crippen LogP contribution in [0, 0.1) is 0 Å². The predicted octanol–water partition coefficient (Wildman–Crippen LogP) is 3.04. The fourth-order valence-corrected chi connectivity index (χ4v) is 4.91. The summed E-state index contributed by atoms with van der Waals surface area (Å²) in [7, 11) is -2.12. The van der Waals surface area contributed by atoms with E-state index in [-0.39, 0.29) is 5.56 Å². The second-order valence-electron chi connectivity index (χ2n) is 6.32.